The molecule has 70 valence electrons. The lowest BCUT2D eigenvalue weighted by molar-refractivity contribution is 0.621. The summed E-state index contributed by atoms with van der Waals surface area (Å²) in [5.74, 6) is -0.299. The molecule has 0 saturated heterocycles. The minimum atomic E-state index is -0.299. The molecule has 0 atom stereocenters. The van der Waals surface area contributed by atoms with E-state index < -0.39 is 0 Å². The molecule has 0 spiro atoms. The van der Waals surface area contributed by atoms with Gasteiger partial charge in [0.25, 0.3) is 0 Å². The summed E-state index contributed by atoms with van der Waals surface area (Å²) >= 11 is 1.31. The number of nitrogens with two attached hydrogens (primary N) is 1. The van der Waals surface area contributed by atoms with E-state index in [9.17, 15) is 4.39 Å². The molecule has 0 unspecified atom stereocenters. The second-order valence-electron chi connectivity index (χ2n) is 3.00. The van der Waals surface area contributed by atoms with Gasteiger partial charge in [-0.05, 0) is 24.6 Å². The highest BCUT2D eigenvalue weighted by molar-refractivity contribution is 7.23. The highest BCUT2D eigenvalue weighted by atomic mass is 32.1. The predicted octanol–water partition coefficient (Wildman–Crippen LogP) is 2.80. The zero-order chi connectivity index (χ0) is 10.3. The summed E-state index contributed by atoms with van der Waals surface area (Å²) in [7, 11) is 0. The van der Waals surface area contributed by atoms with Gasteiger partial charge in [-0.2, -0.15) is 5.26 Å². The highest BCUT2D eigenvalue weighted by Gasteiger charge is 2.13. The molecule has 4 heteroatoms. The number of halogens is 1. The van der Waals surface area contributed by atoms with Crippen LogP contribution in [0.5, 0.6) is 0 Å². The topological polar surface area (TPSA) is 49.8 Å². The summed E-state index contributed by atoms with van der Waals surface area (Å²) in [6.07, 6.45) is 0. The molecule has 2 rings (SSSR count). The van der Waals surface area contributed by atoms with Gasteiger partial charge in [0.1, 0.15) is 16.9 Å². The second kappa shape index (κ2) is 2.96. The third-order valence-electron chi connectivity index (χ3n) is 2.19. The second-order valence-corrected chi connectivity index (χ2v) is 4.08. The quantitative estimate of drug-likeness (QED) is 0.720. The highest BCUT2D eigenvalue weighted by Crippen LogP contribution is 2.35. The number of thiophene rings is 1. The molecule has 0 fully saturated rings. The predicted molar refractivity (Wildman–Crippen MR) is 55.6 cm³/mol. The third-order valence-corrected chi connectivity index (χ3v) is 3.17. The fraction of sp³-hybridized carbons (Fsp3) is 0.100. The largest absolute Gasteiger partial charge is 0.389 e. The van der Waals surface area contributed by atoms with Crippen LogP contribution in [0.1, 0.15) is 11.1 Å². The Balaban J connectivity index is 3.00. The van der Waals surface area contributed by atoms with E-state index in [0.717, 1.165) is 4.70 Å². The molecule has 0 radical (unpaired) electrons. The van der Waals surface area contributed by atoms with E-state index in [0.29, 0.717) is 21.5 Å². The number of anilines is 1. The van der Waals surface area contributed by atoms with Crippen molar-refractivity contribution in [2.45, 2.75) is 6.92 Å². The molecule has 0 bridgehead atoms. The summed E-state index contributed by atoms with van der Waals surface area (Å²) in [6.45, 7) is 1.66. The lowest BCUT2D eigenvalue weighted by atomic mass is 10.1. The van der Waals surface area contributed by atoms with Gasteiger partial charge in [0.05, 0.1) is 5.56 Å². The van der Waals surface area contributed by atoms with Crippen molar-refractivity contribution in [3.8, 4) is 6.07 Å². The molecule has 2 nitrogen and oxygen atoms in total. The molecule has 0 amide bonds. The van der Waals surface area contributed by atoms with Gasteiger partial charge in [-0.1, -0.05) is 0 Å². The van der Waals surface area contributed by atoms with E-state index in [1.54, 1.807) is 13.0 Å². The minimum Gasteiger partial charge on any atom is -0.389 e. The van der Waals surface area contributed by atoms with E-state index in [4.69, 9.17) is 11.0 Å². The van der Waals surface area contributed by atoms with E-state index in [1.807, 2.05) is 6.07 Å². The van der Waals surface area contributed by atoms with Crippen LogP contribution in [-0.4, -0.2) is 0 Å². The first-order chi connectivity index (χ1) is 6.65. The Morgan fingerprint density at radius 3 is 2.86 bits per heavy atom. The number of nitrogens with zero attached hydrogens (tertiary/aromatic N) is 1. The first-order valence-corrected chi connectivity index (χ1v) is 4.84. The van der Waals surface area contributed by atoms with E-state index >= 15 is 0 Å². The summed E-state index contributed by atoms with van der Waals surface area (Å²) in [6, 6.07) is 5.05. The molecule has 14 heavy (non-hydrogen) atoms. The standard InChI is InChI=1S/C10H7FN2S/c1-5-7(11)2-3-8-9(5)6(4-12)10(13)14-8/h2-3H,13H2,1H3. The molecule has 0 aliphatic heterocycles. The van der Waals surface area contributed by atoms with Crippen LogP contribution in [0, 0.1) is 24.1 Å². The Kier molecular flexibility index (Phi) is 1.90. The number of nitriles is 1. The van der Waals surface area contributed by atoms with Crippen molar-refractivity contribution >= 4 is 26.4 Å². The number of hydrogen-bond donors (Lipinski definition) is 1. The zero-order valence-corrected chi connectivity index (χ0v) is 8.28. The Morgan fingerprint density at radius 2 is 2.21 bits per heavy atom. The van der Waals surface area contributed by atoms with Gasteiger partial charge in [-0.25, -0.2) is 4.39 Å². The number of rotatable bonds is 0. The lowest BCUT2D eigenvalue weighted by Crippen LogP contribution is -1.86. The number of fused-ring (bicyclic) bond motifs is 1. The molecular weight excluding hydrogens is 199 g/mol. The van der Waals surface area contributed by atoms with Crippen LogP contribution in [0.2, 0.25) is 0 Å². The van der Waals surface area contributed by atoms with Gasteiger partial charge in [-0.15, -0.1) is 11.3 Å². The van der Waals surface area contributed by atoms with Crippen molar-refractivity contribution in [2.24, 2.45) is 0 Å². The molecule has 0 saturated carbocycles. The Hall–Kier alpha value is -1.60. The summed E-state index contributed by atoms with van der Waals surface area (Å²) in [5.41, 5.74) is 6.54. The van der Waals surface area contributed by atoms with Gasteiger partial charge >= 0.3 is 0 Å². The molecule has 2 aromatic rings. The van der Waals surface area contributed by atoms with Crippen molar-refractivity contribution in [3.63, 3.8) is 0 Å². The van der Waals surface area contributed by atoms with Crippen molar-refractivity contribution < 1.29 is 4.39 Å². The molecule has 1 heterocycles. The van der Waals surface area contributed by atoms with E-state index in [2.05, 4.69) is 0 Å². The van der Waals surface area contributed by atoms with Gasteiger partial charge in [0, 0.05) is 10.1 Å². The van der Waals surface area contributed by atoms with Crippen LogP contribution >= 0.6 is 11.3 Å². The Labute approximate surface area is 84.4 Å². The van der Waals surface area contributed by atoms with Gasteiger partial charge < -0.3 is 5.73 Å². The van der Waals surface area contributed by atoms with Crippen LogP contribution in [0.3, 0.4) is 0 Å². The van der Waals surface area contributed by atoms with Gasteiger partial charge in [-0.3, -0.25) is 0 Å². The minimum absolute atomic E-state index is 0.299. The Bertz CT molecular complexity index is 551. The van der Waals surface area contributed by atoms with Gasteiger partial charge in [0.2, 0.25) is 0 Å². The fourth-order valence-electron chi connectivity index (χ4n) is 1.46. The van der Waals surface area contributed by atoms with Crippen molar-refractivity contribution in [3.05, 3.63) is 29.1 Å². The lowest BCUT2D eigenvalue weighted by Gasteiger charge is -1.97. The van der Waals surface area contributed by atoms with Crippen molar-refractivity contribution in [1.82, 2.24) is 0 Å². The van der Waals surface area contributed by atoms with Crippen LogP contribution in [0.25, 0.3) is 10.1 Å². The fourth-order valence-corrected chi connectivity index (χ4v) is 2.44. The maximum absolute atomic E-state index is 13.2. The normalized spacial score (nSPS) is 10.4. The van der Waals surface area contributed by atoms with Crippen LogP contribution in [-0.2, 0) is 0 Å². The summed E-state index contributed by atoms with van der Waals surface area (Å²) < 4.78 is 14.1. The first-order valence-electron chi connectivity index (χ1n) is 4.02. The van der Waals surface area contributed by atoms with Crippen LogP contribution < -0.4 is 5.73 Å². The average molecular weight is 206 g/mol. The molecule has 0 aliphatic rings. The Morgan fingerprint density at radius 1 is 1.50 bits per heavy atom. The van der Waals surface area contributed by atoms with Gasteiger partial charge in [0.15, 0.2) is 0 Å². The third kappa shape index (κ3) is 1.06. The number of nitrogen functional groups attached to an aromatic ring is 1. The molecule has 1 aromatic carbocycles. The summed E-state index contributed by atoms with van der Waals surface area (Å²) in [5, 5.41) is 9.98. The number of benzene rings is 1. The number of hydrogen-bond acceptors (Lipinski definition) is 3. The van der Waals surface area contributed by atoms with E-state index in [1.165, 1.54) is 17.4 Å². The maximum Gasteiger partial charge on any atom is 0.126 e. The zero-order valence-electron chi connectivity index (χ0n) is 7.47. The van der Waals surface area contributed by atoms with Crippen molar-refractivity contribution in [2.75, 3.05) is 5.73 Å². The first kappa shape index (κ1) is 8.97. The summed E-state index contributed by atoms with van der Waals surface area (Å²) in [4.78, 5) is 0. The monoisotopic (exact) mass is 206 g/mol. The maximum atomic E-state index is 13.2. The molecule has 2 N–H and O–H groups in total. The van der Waals surface area contributed by atoms with E-state index in [-0.39, 0.29) is 5.82 Å². The molecular formula is C10H7FN2S. The smallest absolute Gasteiger partial charge is 0.126 e. The van der Waals surface area contributed by atoms with Crippen LogP contribution in [0.4, 0.5) is 9.39 Å². The van der Waals surface area contributed by atoms with Crippen LogP contribution in [0.15, 0.2) is 12.1 Å². The average Bonchev–Trinajstić information content (AvgIpc) is 2.48. The number of aryl methyl sites for hydroxylation is 1. The molecule has 1 aromatic heterocycles. The SMILES string of the molecule is Cc1c(F)ccc2sc(N)c(C#N)c12. The molecule has 0 aliphatic carbocycles. The van der Waals surface area contributed by atoms with Crippen molar-refractivity contribution in [1.29, 1.82) is 5.26 Å².